The largest absolute Gasteiger partial charge is 0.298 e. The molecule has 0 aromatic heterocycles. The molecule has 0 N–H and O–H groups in total. The van der Waals surface area contributed by atoms with E-state index in [1.165, 1.54) is 44.1 Å². The zero-order chi connectivity index (χ0) is 17.0. The van der Waals surface area contributed by atoms with Crippen molar-refractivity contribution in [2.45, 2.75) is 62.8 Å². The van der Waals surface area contributed by atoms with Crippen LogP contribution in [0.1, 0.15) is 51.0 Å². The number of hydrogen-bond acceptors (Lipinski definition) is 3. The molecule has 0 unspecified atom stereocenters. The summed E-state index contributed by atoms with van der Waals surface area (Å²) in [6.45, 7) is 5.06. The molecule has 1 saturated heterocycles. The Balaban J connectivity index is 1.62. The van der Waals surface area contributed by atoms with E-state index < -0.39 is 10.0 Å². The van der Waals surface area contributed by atoms with E-state index in [-0.39, 0.29) is 0 Å². The van der Waals surface area contributed by atoms with Gasteiger partial charge in [0.15, 0.2) is 0 Å². The molecule has 1 heterocycles. The second kappa shape index (κ2) is 7.98. The van der Waals surface area contributed by atoms with E-state index in [2.05, 4.69) is 11.8 Å². The van der Waals surface area contributed by atoms with Crippen molar-refractivity contribution in [1.82, 2.24) is 9.21 Å². The quantitative estimate of drug-likeness (QED) is 0.783. The molecule has 1 aromatic rings. The Kier molecular flexibility index (Phi) is 5.95. The molecule has 1 saturated carbocycles. The molecule has 0 bridgehead atoms. The molecule has 3 rings (SSSR count). The number of piperazine rings is 1. The van der Waals surface area contributed by atoms with E-state index in [0.29, 0.717) is 24.0 Å². The second-order valence-electron chi connectivity index (χ2n) is 7.08. The van der Waals surface area contributed by atoms with Crippen molar-refractivity contribution in [1.29, 1.82) is 0 Å². The minimum Gasteiger partial charge on any atom is -0.298 e. The molecule has 1 aliphatic heterocycles. The van der Waals surface area contributed by atoms with Gasteiger partial charge in [-0.05, 0) is 37.0 Å². The van der Waals surface area contributed by atoms with Crippen LogP contribution in [-0.4, -0.2) is 49.8 Å². The summed E-state index contributed by atoms with van der Waals surface area (Å²) in [6, 6.07) is 8.03. The lowest BCUT2D eigenvalue weighted by atomic mass is 10.1. The fourth-order valence-electron chi connectivity index (χ4n) is 3.98. The average molecular weight is 351 g/mol. The first kappa shape index (κ1) is 17.9. The highest BCUT2D eigenvalue weighted by atomic mass is 32.2. The molecule has 134 valence electrons. The Labute approximate surface area is 146 Å². The van der Waals surface area contributed by atoms with Crippen LogP contribution >= 0.6 is 0 Å². The van der Waals surface area contributed by atoms with Crippen LogP contribution in [0.3, 0.4) is 0 Å². The number of nitrogens with zero attached hydrogens (tertiary/aromatic N) is 2. The first-order valence-corrected chi connectivity index (χ1v) is 10.9. The minimum absolute atomic E-state index is 0.433. The molecular formula is C19H30N2O2S. The van der Waals surface area contributed by atoms with Gasteiger partial charge in [-0.15, -0.1) is 0 Å². The van der Waals surface area contributed by atoms with Crippen LogP contribution in [0.15, 0.2) is 29.2 Å². The van der Waals surface area contributed by atoms with Crippen LogP contribution in [0.25, 0.3) is 0 Å². The number of sulfonamides is 1. The first-order valence-electron chi connectivity index (χ1n) is 9.44. The predicted octanol–water partition coefficient (Wildman–Crippen LogP) is 3.28. The van der Waals surface area contributed by atoms with Gasteiger partial charge in [-0.3, -0.25) is 4.90 Å². The molecule has 1 aliphatic carbocycles. The van der Waals surface area contributed by atoms with Crippen LogP contribution in [0.5, 0.6) is 0 Å². The van der Waals surface area contributed by atoms with Crippen molar-refractivity contribution in [2.75, 3.05) is 26.2 Å². The van der Waals surface area contributed by atoms with Gasteiger partial charge in [0.05, 0.1) is 4.90 Å². The summed E-state index contributed by atoms with van der Waals surface area (Å²) < 4.78 is 27.3. The third-order valence-electron chi connectivity index (χ3n) is 5.58. The summed E-state index contributed by atoms with van der Waals surface area (Å²) in [5.74, 6) is 0. The summed E-state index contributed by atoms with van der Waals surface area (Å²) in [4.78, 5) is 2.96. The molecule has 4 nitrogen and oxygen atoms in total. The van der Waals surface area contributed by atoms with E-state index in [1.807, 2.05) is 12.1 Å². The van der Waals surface area contributed by atoms with Crippen molar-refractivity contribution < 1.29 is 8.42 Å². The molecule has 1 aromatic carbocycles. The Morgan fingerprint density at radius 1 is 0.917 bits per heavy atom. The van der Waals surface area contributed by atoms with E-state index >= 15 is 0 Å². The SMILES string of the molecule is CCc1ccc(S(=O)(=O)N2CCN(C3CCCCCC3)CC2)cc1. The van der Waals surface area contributed by atoms with Gasteiger partial charge in [-0.2, -0.15) is 4.31 Å². The second-order valence-corrected chi connectivity index (χ2v) is 9.02. The van der Waals surface area contributed by atoms with Crippen LogP contribution in [0.2, 0.25) is 0 Å². The van der Waals surface area contributed by atoms with Crippen LogP contribution in [0, 0.1) is 0 Å². The molecule has 0 atom stereocenters. The first-order chi connectivity index (χ1) is 11.6. The molecule has 0 radical (unpaired) electrons. The topological polar surface area (TPSA) is 40.6 Å². The Hall–Kier alpha value is -0.910. The van der Waals surface area contributed by atoms with Crippen LogP contribution in [-0.2, 0) is 16.4 Å². The van der Waals surface area contributed by atoms with Crippen molar-refractivity contribution in [3.05, 3.63) is 29.8 Å². The predicted molar refractivity (Wildman–Crippen MR) is 97.6 cm³/mol. The third-order valence-corrected chi connectivity index (χ3v) is 7.50. The summed E-state index contributed by atoms with van der Waals surface area (Å²) in [7, 11) is -3.34. The van der Waals surface area contributed by atoms with Gasteiger partial charge < -0.3 is 0 Å². The maximum atomic E-state index is 12.8. The fourth-order valence-corrected chi connectivity index (χ4v) is 5.40. The van der Waals surface area contributed by atoms with E-state index in [4.69, 9.17) is 0 Å². The highest BCUT2D eigenvalue weighted by molar-refractivity contribution is 7.89. The number of benzene rings is 1. The van der Waals surface area contributed by atoms with Crippen molar-refractivity contribution in [3.63, 3.8) is 0 Å². The van der Waals surface area contributed by atoms with E-state index in [0.717, 1.165) is 19.5 Å². The smallest absolute Gasteiger partial charge is 0.243 e. The van der Waals surface area contributed by atoms with Crippen molar-refractivity contribution in [3.8, 4) is 0 Å². The Morgan fingerprint density at radius 2 is 1.50 bits per heavy atom. The lowest BCUT2D eigenvalue weighted by Crippen LogP contribution is -2.51. The Bertz CT molecular complexity index is 611. The van der Waals surface area contributed by atoms with Gasteiger partial charge >= 0.3 is 0 Å². The highest BCUT2D eigenvalue weighted by Gasteiger charge is 2.31. The normalized spacial score (nSPS) is 22.4. The maximum absolute atomic E-state index is 12.8. The summed E-state index contributed by atoms with van der Waals surface area (Å²) in [5.41, 5.74) is 1.17. The van der Waals surface area contributed by atoms with Gasteiger partial charge in [0.25, 0.3) is 0 Å². The Morgan fingerprint density at radius 3 is 2.04 bits per heavy atom. The molecule has 0 spiro atoms. The molecule has 0 amide bonds. The van der Waals surface area contributed by atoms with Crippen molar-refractivity contribution >= 4 is 10.0 Å². The summed E-state index contributed by atoms with van der Waals surface area (Å²) >= 11 is 0. The summed E-state index contributed by atoms with van der Waals surface area (Å²) in [5, 5.41) is 0. The molecule has 2 fully saturated rings. The zero-order valence-corrected chi connectivity index (χ0v) is 15.6. The van der Waals surface area contributed by atoms with Gasteiger partial charge in [-0.25, -0.2) is 8.42 Å². The standard InChI is InChI=1S/C19H30N2O2S/c1-2-17-9-11-19(12-10-17)24(22,23)21-15-13-20(14-16-21)18-7-5-3-4-6-8-18/h9-12,18H,2-8,13-16H2,1H3. The monoisotopic (exact) mass is 350 g/mol. The zero-order valence-electron chi connectivity index (χ0n) is 14.8. The lowest BCUT2D eigenvalue weighted by Gasteiger charge is -2.38. The van der Waals surface area contributed by atoms with E-state index in [1.54, 1.807) is 16.4 Å². The fraction of sp³-hybridized carbons (Fsp3) is 0.684. The number of hydrogen-bond donors (Lipinski definition) is 0. The molecule has 24 heavy (non-hydrogen) atoms. The average Bonchev–Trinajstić information content (AvgIpc) is 2.91. The van der Waals surface area contributed by atoms with Gasteiger partial charge in [-0.1, -0.05) is 44.7 Å². The molecule has 5 heteroatoms. The van der Waals surface area contributed by atoms with Gasteiger partial charge in [0.2, 0.25) is 10.0 Å². The summed E-state index contributed by atoms with van der Waals surface area (Å²) in [6.07, 6.45) is 8.87. The lowest BCUT2D eigenvalue weighted by molar-refractivity contribution is 0.126. The van der Waals surface area contributed by atoms with Gasteiger partial charge in [0.1, 0.15) is 0 Å². The maximum Gasteiger partial charge on any atom is 0.243 e. The van der Waals surface area contributed by atoms with Crippen LogP contribution in [0.4, 0.5) is 0 Å². The molecular weight excluding hydrogens is 320 g/mol. The third kappa shape index (κ3) is 4.01. The highest BCUT2D eigenvalue weighted by Crippen LogP contribution is 2.24. The number of aryl methyl sites for hydroxylation is 1. The van der Waals surface area contributed by atoms with Gasteiger partial charge in [0, 0.05) is 32.2 Å². The van der Waals surface area contributed by atoms with Crippen LogP contribution < -0.4 is 0 Å². The van der Waals surface area contributed by atoms with Crippen molar-refractivity contribution in [2.24, 2.45) is 0 Å². The van der Waals surface area contributed by atoms with E-state index in [9.17, 15) is 8.42 Å². The molecule has 2 aliphatic rings. The minimum atomic E-state index is -3.34. The number of rotatable bonds is 4.